The number of aromatic hydroxyl groups is 1. The van der Waals surface area contributed by atoms with E-state index in [1.807, 2.05) is 0 Å². The Balaban J connectivity index is 1.56. The first-order chi connectivity index (χ1) is 14.7. The first kappa shape index (κ1) is 18.1. The van der Waals surface area contributed by atoms with Gasteiger partial charge in [-0.3, -0.25) is 4.68 Å². The Bertz CT molecular complexity index is 1300. The number of aromatic nitrogens is 6. The molecule has 1 N–H and O–H groups in total. The summed E-state index contributed by atoms with van der Waals surface area (Å²) in [6, 6.07) is 9.88. The summed E-state index contributed by atoms with van der Waals surface area (Å²) in [5.41, 5.74) is 2.46. The number of hydrogen-bond acceptors (Lipinski definition) is 8. The van der Waals surface area contributed by atoms with Gasteiger partial charge in [0, 0.05) is 29.4 Å². The minimum absolute atomic E-state index is 0.179. The van der Waals surface area contributed by atoms with Gasteiger partial charge in [-0.15, -0.1) is 11.3 Å². The minimum Gasteiger partial charge on any atom is -0.493 e. The lowest BCUT2D eigenvalue weighted by Crippen LogP contribution is -2.06. The van der Waals surface area contributed by atoms with Gasteiger partial charge in [-0.05, 0) is 12.1 Å². The Morgan fingerprint density at radius 3 is 2.77 bits per heavy atom. The molecule has 10 heteroatoms. The SMILES string of the molecule is Oc1nc(-c2cc(-c3ccon3)n(Cc3ccccc3F)n2)ncc1-c1nccs1. The number of hydrogen-bond donors (Lipinski definition) is 1. The zero-order valence-electron chi connectivity index (χ0n) is 15.3. The number of benzene rings is 1. The third-order valence-electron chi connectivity index (χ3n) is 4.42. The molecule has 0 atom stereocenters. The molecule has 30 heavy (non-hydrogen) atoms. The summed E-state index contributed by atoms with van der Waals surface area (Å²) in [4.78, 5) is 12.7. The van der Waals surface area contributed by atoms with Crippen molar-refractivity contribution in [2.45, 2.75) is 6.54 Å². The van der Waals surface area contributed by atoms with E-state index >= 15 is 0 Å². The summed E-state index contributed by atoms with van der Waals surface area (Å²) in [6.07, 6.45) is 4.59. The van der Waals surface area contributed by atoms with Crippen LogP contribution in [-0.4, -0.2) is 35.0 Å². The molecule has 5 rings (SSSR count). The van der Waals surface area contributed by atoms with Gasteiger partial charge in [0.15, 0.2) is 5.82 Å². The van der Waals surface area contributed by atoms with E-state index in [0.717, 1.165) is 0 Å². The van der Waals surface area contributed by atoms with Crippen LogP contribution in [0.2, 0.25) is 0 Å². The second-order valence-corrected chi connectivity index (χ2v) is 7.21. The highest BCUT2D eigenvalue weighted by atomic mass is 32.1. The highest BCUT2D eigenvalue weighted by molar-refractivity contribution is 7.13. The van der Waals surface area contributed by atoms with E-state index in [9.17, 15) is 9.50 Å². The van der Waals surface area contributed by atoms with Gasteiger partial charge in [-0.2, -0.15) is 10.1 Å². The summed E-state index contributed by atoms with van der Waals surface area (Å²) in [7, 11) is 0. The predicted molar refractivity (Wildman–Crippen MR) is 107 cm³/mol. The lowest BCUT2D eigenvalue weighted by atomic mass is 10.2. The molecule has 0 bridgehead atoms. The molecule has 8 nitrogen and oxygen atoms in total. The zero-order valence-corrected chi connectivity index (χ0v) is 16.1. The number of nitrogens with zero attached hydrogens (tertiary/aromatic N) is 6. The van der Waals surface area contributed by atoms with E-state index in [1.165, 1.54) is 29.9 Å². The van der Waals surface area contributed by atoms with Crippen LogP contribution in [-0.2, 0) is 6.54 Å². The lowest BCUT2D eigenvalue weighted by molar-refractivity contribution is 0.421. The lowest BCUT2D eigenvalue weighted by Gasteiger charge is -2.06. The van der Waals surface area contributed by atoms with Crippen LogP contribution in [0.15, 0.2) is 65.0 Å². The fourth-order valence-corrected chi connectivity index (χ4v) is 3.63. The summed E-state index contributed by atoms with van der Waals surface area (Å²) >= 11 is 1.37. The largest absolute Gasteiger partial charge is 0.493 e. The molecular formula is C20H13FN6O2S. The van der Waals surface area contributed by atoms with E-state index in [-0.39, 0.29) is 24.1 Å². The maximum atomic E-state index is 14.2. The van der Waals surface area contributed by atoms with Gasteiger partial charge in [0.2, 0.25) is 5.88 Å². The van der Waals surface area contributed by atoms with Gasteiger partial charge in [-0.25, -0.2) is 14.4 Å². The highest BCUT2D eigenvalue weighted by Gasteiger charge is 2.18. The average molecular weight is 420 g/mol. The van der Waals surface area contributed by atoms with Crippen LogP contribution < -0.4 is 0 Å². The number of thiazole rings is 1. The summed E-state index contributed by atoms with van der Waals surface area (Å²) in [5.74, 6) is -0.297. The summed E-state index contributed by atoms with van der Waals surface area (Å²) in [5, 5.41) is 21.3. The van der Waals surface area contributed by atoms with Crippen LogP contribution in [0.3, 0.4) is 0 Å². The van der Waals surface area contributed by atoms with Crippen molar-refractivity contribution in [3.05, 3.63) is 71.8 Å². The standard InChI is InChI=1S/C20H13FN6O2S/c21-14-4-2-1-3-12(14)11-27-17(15-5-7-29-26-15)9-16(25-27)18-23-10-13(19(28)24-18)20-22-6-8-30-20/h1-10H,11H2,(H,23,24,28). The molecule has 1 aromatic carbocycles. The number of halogens is 1. The van der Waals surface area contributed by atoms with Crippen molar-refractivity contribution in [2.75, 3.05) is 0 Å². The first-order valence-corrected chi connectivity index (χ1v) is 9.75. The Morgan fingerprint density at radius 1 is 1.13 bits per heavy atom. The Kier molecular flexibility index (Phi) is 4.52. The average Bonchev–Trinajstić information content (AvgIpc) is 3.51. The van der Waals surface area contributed by atoms with Crippen molar-refractivity contribution >= 4 is 11.3 Å². The minimum atomic E-state index is -0.331. The molecule has 0 radical (unpaired) electrons. The van der Waals surface area contributed by atoms with Crippen LogP contribution in [0, 0.1) is 5.82 Å². The zero-order chi connectivity index (χ0) is 20.5. The molecule has 0 amide bonds. The van der Waals surface area contributed by atoms with Crippen LogP contribution in [0.4, 0.5) is 4.39 Å². The second kappa shape index (κ2) is 7.48. The van der Waals surface area contributed by atoms with E-state index in [0.29, 0.717) is 33.2 Å². The quantitative estimate of drug-likeness (QED) is 0.458. The molecule has 0 saturated heterocycles. The van der Waals surface area contributed by atoms with E-state index in [2.05, 4.69) is 25.2 Å². The molecule has 5 aromatic rings. The summed E-state index contributed by atoms with van der Waals surface area (Å²) < 4.78 is 20.7. The fourth-order valence-electron chi connectivity index (χ4n) is 2.99. The van der Waals surface area contributed by atoms with Gasteiger partial charge >= 0.3 is 0 Å². The van der Waals surface area contributed by atoms with Crippen molar-refractivity contribution in [3.63, 3.8) is 0 Å². The Hall–Kier alpha value is -3.92. The molecule has 0 aliphatic carbocycles. The maximum absolute atomic E-state index is 14.2. The van der Waals surface area contributed by atoms with Crippen LogP contribution >= 0.6 is 11.3 Å². The monoisotopic (exact) mass is 420 g/mol. The normalized spacial score (nSPS) is 11.1. The summed E-state index contributed by atoms with van der Waals surface area (Å²) in [6.45, 7) is 0.179. The molecule has 4 aromatic heterocycles. The second-order valence-electron chi connectivity index (χ2n) is 6.32. The van der Waals surface area contributed by atoms with Crippen molar-refractivity contribution < 1.29 is 14.0 Å². The molecule has 148 valence electrons. The molecule has 4 heterocycles. The number of rotatable bonds is 5. The maximum Gasteiger partial charge on any atom is 0.225 e. The van der Waals surface area contributed by atoms with Crippen LogP contribution in [0.5, 0.6) is 5.88 Å². The highest BCUT2D eigenvalue weighted by Crippen LogP contribution is 2.31. The Morgan fingerprint density at radius 2 is 2.03 bits per heavy atom. The topological polar surface area (TPSA) is 103 Å². The Labute approximate surface area is 173 Å². The van der Waals surface area contributed by atoms with E-state index in [1.54, 1.807) is 46.6 Å². The fraction of sp³-hybridized carbons (Fsp3) is 0.0500. The van der Waals surface area contributed by atoms with Crippen molar-refractivity contribution in [1.82, 2.24) is 29.9 Å². The van der Waals surface area contributed by atoms with Crippen LogP contribution in [0.1, 0.15) is 5.56 Å². The first-order valence-electron chi connectivity index (χ1n) is 8.87. The van der Waals surface area contributed by atoms with Gasteiger partial charge < -0.3 is 9.63 Å². The third kappa shape index (κ3) is 3.33. The molecule has 0 saturated carbocycles. The molecule has 0 aliphatic heterocycles. The van der Waals surface area contributed by atoms with Gasteiger partial charge in [0.05, 0.1) is 17.8 Å². The van der Waals surface area contributed by atoms with Crippen molar-refractivity contribution in [2.24, 2.45) is 0 Å². The molecule has 0 aliphatic rings. The molecule has 0 spiro atoms. The van der Waals surface area contributed by atoms with Crippen molar-refractivity contribution in [1.29, 1.82) is 0 Å². The van der Waals surface area contributed by atoms with Gasteiger partial charge in [0.25, 0.3) is 0 Å². The smallest absolute Gasteiger partial charge is 0.225 e. The molecule has 0 unspecified atom stereocenters. The molecule has 0 fully saturated rings. The van der Waals surface area contributed by atoms with Crippen molar-refractivity contribution in [3.8, 4) is 39.4 Å². The molecular weight excluding hydrogens is 407 g/mol. The van der Waals surface area contributed by atoms with Gasteiger partial charge in [-0.1, -0.05) is 23.4 Å². The van der Waals surface area contributed by atoms with E-state index < -0.39 is 0 Å². The third-order valence-corrected chi connectivity index (χ3v) is 5.23. The predicted octanol–water partition coefficient (Wildman–Crippen LogP) is 4.01. The van der Waals surface area contributed by atoms with E-state index in [4.69, 9.17) is 4.52 Å². The van der Waals surface area contributed by atoms with Crippen LogP contribution in [0.25, 0.3) is 33.5 Å². The van der Waals surface area contributed by atoms with Gasteiger partial charge in [0.1, 0.15) is 28.5 Å².